The molecular formula is C11H13NO3. The highest BCUT2D eigenvalue weighted by molar-refractivity contribution is 5.65. The van der Waals surface area contributed by atoms with Crippen molar-refractivity contribution >= 4 is 12.0 Å². The zero-order chi connectivity index (χ0) is 10.7. The van der Waals surface area contributed by atoms with E-state index in [1.807, 2.05) is 29.2 Å². The zero-order valence-electron chi connectivity index (χ0n) is 8.30. The predicted molar refractivity (Wildman–Crippen MR) is 55.5 cm³/mol. The normalized spacial score (nSPS) is 20.6. The Balaban J connectivity index is 2.24. The molecule has 0 bridgehead atoms. The molecule has 1 unspecified atom stereocenters. The summed E-state index contributed by atoms with van der Waals surface area (Å²) in [6.45, 7) is 1.28. The number of nitrogens with zero attached hydrogens (tertiary/aromatic N) is 1. The third-order valence-electron chi connectivity index (χ3n) is 2.47. The van der Waals surface area contributed by atoms with E-state index in [2.05, 4.69) is 0 Å². The van der Waals surface area contributed by atoms with Crippen LogP contribution in [0.15, 0.2) is 24.3 Å². The quantitative estimate of drug-likeness (QED) is 0.735. The molecule has 80 valence electrons. The highest BCUT2D eigenvalue weighted by atomic mass is 16.5. The van der Waals surface area contributed by atoms with E-state index in [0.29, 0.717) is 13.2 Å². The lowest BCUT2D eigenvalue weighted by atomic mass is 10.2. The lowest BCUT2D eigenvalue weighted by Gasteiger charge is -2.21. The van der Waals surface area contributed by atoms with Crippen LogP contribution in [0.25, 0.3) is 0 Å². The minimum absolute atomic E-state index is 0.00823. The number of hydrogen-bond acceptors (Lipinski definition) is 4. The number of aldehydes is 1. The van der Waals surface area contributed by atoms with E-state index in [9.17, 15) is 4.79 Å². The van der Waals surface area contributed by atoms with Crippen LogP contribution in [0.2, 0.25) is 0 Å². The summed E-state index contributed by atoms with van der Waals surface area (Å²) in [5.41, 5.74) is 1.75. The molecule has 1 saturated heterocycles. The van der Waals surface area contributed by atoms with E-state index in [1.165, 1.54) is 0 Å². The number of ether oxygens (including phenoxy) is 1. The van der Waals surface area contributed by atoms with Gasteiger partial charge in [0.2, 0.25) is 0 Å². The molecule has 1 aliphatic rings. The number of aliphatic hydroxyl groups is 1. The average molecular weight is 207 g/mol. The van der Waals surface area contributed by atoms with Crippen LogP contribution in [0.5, 0.6) is 0 Å². The van der Waals surface area contributed by atoms with E-state index in [-0.39, 0.29) is 6.61 Å². The van der Waals surface area contributed by atoms with Gasteiger partial charge in [-0.25, -0.2) is 0 Å². The lowest BCUT2D eigenvalue weighted by Crippen LogP contribution is -2.31. The first kappa shape index (κ1) is 10.1. The van der Waals surface area contributed by atoms with Gasteiger partial charge in [0.05, 0.1) is 13.2 Å². The van der Waals surface area contributed by atoms with Crippen molar-refractivity contribution in [3.63, 3.8) is 0 Å². The Hall–Kier alpha value is -1.39. The van der Waals surface area contributed by atoms with Crippen LogP contribution in [-0.2, 0) is 16.1 Å². The fourth-order valence-corrected chi connectivity index (χ4v) is 1.71. The molecule has 1 heterocycles. The summed E-state index contributed by atoms with van der Waals surface area (Å²) in [6, 6.07) is 7.48. The number of rotatable bonds is 3. The largest absolute Gasteiger partial charge is 0.392 e. The monoisotopic (exact) mass is 207 g/mol. The van der Waals surface area contributed by atoms with Crippen molar-refractivity contribution in [1.29, 1.82) is 0 Å². The summed E-state index contributed by atoms with van der Waals surface area (Å²) in [5, 5.41) is 9.01. The van der Waals surface area contributed by atoms with E-state index in [0.717, 1.165) is 17.5 Å². The summed E-state index contributed by atoms with van der Waals surface area (Å²) in [5.74, 6) is 0. The highest BCUT2D eigenvalue weighted by Crippen LogP contribution is 2.21. The molecule has 0 aromatic heterocycles. The van der Waals surface area contributed by atoms with Crippen molar-refractivity contribution in [3.8, 4) is 0 Å². The van der Waals surface area contributed by atoms with Gasteiger partial charge in [-0.2, -0.15) is 0 Å². The van der Waals surface area contributed by atoms with Crippen molar-refractivity contribution in [3.05, 3.63) is 29.8 Å². The molecular weight excluding hydrogens is 194 g/mol. The summed E-state index contributed by atoms with van der Waals surface area (Å²) in [4.78, 5) is 12.6. The number of aliphatic hydroxyl groups excluding tert-OH is 1. The van der Waals surface area contributed by atoms with Crippen LogP contribution < -0.4 is 4.90 Å². The summed E-state index contributed by atoms with van der Waals surface area (Å²) in [7, 11) is 0. The molecule has 2 rings (SSSR count). The van der Waals surface area contributed by atoms with Crippen molar-refractivity contribution < 1.29 is 14.6 Å². The van der Waals surface area contributed by atoms with E-state index < -0.39 is 6.23 Å². The zero-order valence-corrected chi connectivity index (χ0v) is 8.30. The second-order valence-corrected chi connectivity index (χ2v) is 3.42. The van der Waals surface area contributed by atoms with E-state index in [1.54, 1.807) is 0 Å². The van der Waals surface area contributed by atoms with Gasteiger partial charge in [0.1, 0.15) is 0 Å². The maximum absolute atomic E-state index is 10.7. The molecule has 0 aliphatic carbocycles. The number of carbonyl (C=O) groups is 1. The Morgan fingerprint density at radius 3 is 3.20 bits per heavy atom. The van der Waals surface area contributed by atoms with Crippen molar-refractivity contribution in [1.82, 2.24) is 0 Å². The summed E-state index contributed by atoms with van der Waals surface area (Å²) >= 11 is 0. The predicted octanol–water partition coefficient (Wildman–Crippen LogP) is 0.541. The number of hydrogen-bond donors (Lipinski definition) is 1. The fourth-order valence-electron chi connectivity index (χ4n) is 1.71. The molecule has 1 aromatic rings. The third-order valence-corrected chi connectivity index (χ3v) is 2.47. The van der Waals surface area contributed by atoms with Gasteiger partial charge >= 0.3 is 0 Å². The van der Waals surface area contributed by atoms with Crippen LogP contribution >= 0.6 is 0 Å². The molecule has 0 amide bonds. The average Bonchev–Trinajstić information content (AvgIpc) is 2.77. The molecule has 1 N–H and O–H groups in total. The lowest BCUT2D eigenvalue weighted by molar-refractivity contribution is -0.115. The molecule has 1 fully saturated rings. The summed E-state index contributed by atoms with van der Waals surface area (Å²) < 4.78 is 5.24. The molecule has 4 heteroatoms. The number of benzene rings is 1. The first-order valence-electron chi connectivity index (χ1n) is 4.88. The summed E-state index contributed by atoms with van der Waals surface area (Å²) in [6.07, 6.45) is 0.303. The Bertz CT molecular complexity index is 353. The first-order chi connectivity index (χ1) is 7.35. The van der Waals surface area contributed by atoms with Gasteiger partial charge in [-0.3, -0.25) is 4.79 Å². The third kappa shape index (κ3) is 2.00. The van der Waals surface area contributed by atoms with Crippen LogP contribution in [0, 0.1) is 0 Å². The Morgan fingerprint density at radius 2 is 2.47 bits per heavy atom. The minimum atomic E-state index is -0.487. The SMILES string of the molecule is O=CC1OCCN1c1cccc(CO)c1. The Kier molecular flexibility index (Phi) is 2.99. The first-order valence-corrected chi connectivity index (χ1v) is 4.88. The Labute approximate surface area is 88.1 Å². The second-order valence-electron chi connectivity index (χ2n) is 3.42. The van der Waals surface area contributed by atoms with Crippen LogP contribution in [-0.4, -0.2) is 30.8 Å². The Morgan fingerprint density at radius 1 is 1.60 bits per heavy atom. The molecule has 0 radical (unpaired) electrons. The molecule has 1 aliphatic heterocycles. The van der Waals surface area contributed by atoms with Gasteiger partial charge in [0, 0.05) is 12.2 Å². The van der Waals surface area contributed by atoms with Crippen molar-refractivity contribution in [2.24, 2.45) is 0 Å². The van der Waals surface area contributed by atoms with Crippen LogP contribution in [0.1, 0.15) is 5.56 Å². The molecule has 0 spiro atoms. The highest BCUT2D eigenvalue weighted by Gasteiger charge is 2.24. The van der Waals surface area contributed by atoms with Gasteiger partial charge in [0.15, 0.2) is 12.5 Å². The molecule has 0 saturated carbocycles. The molecule has 1 atom stereocenters. The molecule has 15 heavy (non-hydrogen) atoms. The van der Waals surface area contributed by atoms with Crippen molar-refractivity contribution in [2.45, 2.75) is 12.8 Å². The maximum Gasteiger partial charge on any atom is 0.186 e. The number of carbonyl (C=O) groups excluding carboxylic acids is 1. The smallest absolute Gasteiger partial charge is 0.186 e. The second kappa shape index (κ2) is 4.42. The minimum Gasteiger partial charge on any atom is -0.392 e. The van der Waals surface area contributed by atoms with Gasteiger partial charge in [-0.15, -0.1) is 0 Å². The standard InChI is InChI=1S/C11H13NO3/c13-7-9-2-1-3-10(6-9)12-4-5-15-11(12)8-14/h1-3,6,8,11,13H,4-5,7H2. The molecule has 4 nitrogen and oxygen atoms in total. The van der Waals surface area contributed by atoms with Gasteiger partial charge in [0.25, 0.3) is 0 Å². The topological polar surface area (TPSA) is 49.8 Å². The fraction of sp³-hybridized carbons (Fsp3) is 0.364. The van der Waals surface area contributed by atoms with E-state index in [4.69, 9.17) is 9.84 Å². The van der Waals surface area contributed by atoms with Crippen LogP contribution in [0.3, 0.4) is 0 Å². The molecule has 1 aromatic carbocycles. The van der Waals surface area contributed by atoms with Gasteiger partial charge < -0.3 is 14.7 Å². The number of anilines is 1. The van der Waals surface area contributed by atoms with Gasteiger partial charge in [-0.1, -0.05) is 12.1 Å². The van der Waals surface area contributed by atoms with Crippen LogP contribution in [0.4, 0.5) is 5.69 Å². The van der Waals surface area contributed by atoms with Crippen molar-refractivity contribution in [2.75, 3.05) is 18.1 Å². The van der Waals surface area contributed by atoms with E-state index >= 15 is 0 Å². The maximum atomic E-state index is 10.7. The van der Waals surface area contributed by atoms with Gasteiger partial charge in [-0.05, 0) is 17.7 Å².